The normalized spacial score (nSPS) is 12.3. The van der Waals surface area contributed by atoms with Crippen LogP contribution < -0.4 is 11.1 Å². The van der Waals surface area contributed by atoms with Gasteiger partial charge in [-0.15, -0.1) is 0 Å². The number of ether oxygens (including phenoxy) is 1. The Morgan fingerprint density at radius 3 is 2.19 bits per heavy atom. The number of benzene rings is 2. The number of aliphatic hydroxyl groups is 2. The van der Waals surface area contributed by atoms with Gasteiger partial charge < -0.3 is 26.0 Å². The van der Waals surface area contributed by atoms with Crippen LogP contribution >= 0.6 is 23.2 Å². The SMILES string of the molecule is Nc1c(Cl)cc(C(O)CNCCCCCCOCCCc2ccc(CO)cc2)cc1Cl. The topological polar surface area (TPSA) is 87.7 Å². The predicted molar refractivity (Wildman–Crippen MR) is 129 cm³/mol. The standard InChI is InChI=1S/C24H34Cl2N2O3/c25-21-14-20(15-22(26)24(21)27)23(30)16-28-11-3-1-2-4-12-31-13-5-6-18-7-9-19(17-29)10-8-18/h7-10,14-15,23,28-30H,1-6,11-13,16-17,27H2. The van der Waals surface area contributed by atoms with Crippen molar-refractivity contribution in [3.8, 4) is 0 Å². The number of halogens is 2. The second-order valence-corrected chi connectivity index (χ2v) is 8.54. The Hall–Kier alpha value is -1.34. The molecule has 31 heavy (non-hydrogen) atoms. The highest BCUT2D eigenvalue weighted by molar-refractivity contribution is 6.38. The number of nitrogens with one attached hydrogen (secondary N) is 1. The fourth-order valence-electron chi connectivity index (χ4n) is 3.25. The first-order valence-corrected chi connectivity index (χ1v) is 11.7. The molecular weight excluding hydrogens is 435 g/mol. The van der Waals surface area contributed by atoms with Crippen LogP contribution in [0.3, 0.4) is 0 Å². The van der Waals surface area contributed by atoms with Crippen LogP contribution in [0.5, 0.6) is 0 Å². The van der Waals surface area contributed by atoms with Gasteiger partial charge in [-0.25, -0.2) is 0 Å². The van der Waals surface area contributed by atoms with Gasteiger partial charge >= 0.3 is 0 Å². The molecule has 0 heterocycles. The Labute approximate surface area is 195 Å². The molecular formula is C24H34Cl2N2O3. The predicted octanol–water partition coefficient (Wildman–Crippen LogP) is 4.90. The molecule has 5 nitrogen and oxygen atoms in total. The third-order valence-electron chi connectivity index (χ3n) is 5.18. The number of aliphatic hydroxyl groups excluding tert-OH is 2. The Bertz CT molecular complexity index is 749. The third kappa shape index (κ3) is 9.77. The zero-order chi connectivity index (χ0) is 22.5. The molecule has 0 fully saturated rings. The third-order valence-corrected chi connectivity index (χ3v) is 5.80. The van der Waals surface area contributed by atoms with Crippen molar-refractivity contribution >= 4 is 28.9 Å². The lowest BCUT2D eigenvalue weighted by molar-refractivity contribution is 0.127. The molecule has 0 aliphatic carbocycles. The number of anilines is 1. The van der Waals surface area contributed by atoms with Crippen molar-refractivity contribution in [2.45, 2.75) is 51.2 Å². The van der Waals surface area contributed by atoms with Gasteiger partial charge in [-0.05, 0) is 61.1 Å². The van der Waals surface area contributed by atoms with E-state index in [-0.39, 0.29) is 6.61 Å². The van der Waals surface area contributed by atoms with Gasteiger partial charge in [-0.3, -0.25) is 0 Å². The summed E-state index contributed by atoms with van der Waals surface area (Å²) in [6, 6.07) is 11.4. The molecule has 0 saturated heterocycles. The van der Waals surface area contributed by atoms with Crippen molar-refractivity contribution in [2.75, 3.05) is 32.0 Å². The highest BCUT2D eigenvalue weighted by Crippen LogP contribution is 2.31. The molecule has 0 aliphatic heterocycles. The summed E-state index contributed by atoms with van der Waals surface area (Å²) in [5.41, 5.74) is 8.95. The number of hydrogen-bond donors (Lipinski definition) is 4. The number of nitrogen functional groups attached to an aromatic ring is 1. The van der Waals surface area contributed by atoms with E-state index in [1.807, 2.05) is 12.1 Å². The van der Waals surface area contributed by atoms with Crippen molar-refractivity contribution in [2.24, 2.45) is 0 Å². The van der Waals surface area contributed by atoms with E-state index in [2.05, 4.69) is 17.4 Å². The van der Waals surface area contributed by atoms with Crippen LogP contribution in [0.25, 0.3) is 0 Å². The minimum absolute atomic E-state index is 0.0929. The van der Waals surface area contributed by atoms with E-state index in [9.17, 15) is 5.11 Å². The van der Waals surface area contributed by atoms with Crippen LogP contribution in [0.4, 0.5) is 5.69 Å². The van der Waals surface area contributed by atoms with Crippen molar-refractivity contribution in [3.05, 3.63) is 63.1 Å². The average molecular weight is 469 g/mol. The van der Waals surface area contributed by atoms with Crippen molar-refractivity contribution in [1.29, 1.82) is 0 Å². The fraction of sp³-hybridized carbons (Fsp3) is 0.500. The van der Waals surface area contributed by atoms with Crippen molar-refractivity contribution < 1.29 is 14.9 Å². The highest BCUT2D eigenvalue weighted by Gasteiger charge is 2.11. The van der Waals surface area contributed by atoms with E-state index in [1.54, 1.807) is 12.1 Å². The van der Waals surface area contributed by atoms with Crippen LogP contribution in [0.15, 0.2) is 36.4 Å². The zero-order valence-corrected chi connectivity index (χ0v) is 19.5. The Kier molecular flexibility index (Phi) is 12.3. The molecule has 7 heteroatoms. The lowest BCUT2D eigenvalue weighted by atomic mass is 10.1. The van der Waals surface area contributed by atoms with Gasteiger partial charge in [0.15, 0.2) is 0 Å². The van der Waals surface area contributed by atoms with Crippen LogP contribution in [-0.4, -0.2) is 36.5 Å². The van der Waals surface area contributed by atoms with E-state index in [4.69, 9.17) is 38.8 Å². The first kappa shape index (κ1) is 25.9. The Balaban J connectivity index is 1.42. The molecule has 0 bridgehead atoms. The molecule has 2 rings (SSSR count). The Morgan fingerprint density at radius 1 is 0.903 bits per heavy atom. The summed E-state index contributed by atoms with van der Waals surface area (Å²) in [6.45, 7) is 2.97. The molecule has 0 aliphatic rings. The summed E-state index contributed by atoms with van der Waals surface area (Å²) in [4.78, 5) is 0. The summed E-state index contributed by atoms with van der Waals surface area (Å²) in [5, 5.41) is 23.3. The number of unbranched alkanes of at least 4 members (excludes halogenated alkanes) is 3. The second-order valence-electron chi connectivity index (χ2n) is 7.72. The largest absolute Gasteiger partial charge is 0.396 e. The second kappa shape index (κ2) is 14.7. The van der Waals surface area contributed by atoms with Gasteiger partial charge in [0.1, 0.15) is 0 Å². The average Bonchev–Trinajstić information content (AvgIpc) is 2.78. The minimum atomic E-state index is -0.670. The Morgan fingerprint density at radius 2 is 1.52 bits per heavy atom. The van der Waals surface area contributed by atoms with Crippen LogP contribution in [0, 0.1) is 0 Å². The lowest BCUT2D eigenvalue weighted by Crippen LogP contribution is -2.22. The molecule has 0 amide bonds. The molecule has 1 atom stereocenters. The van der Waals surface area contributed by atoms with E-state index >= 15 is 0 Å². The zero-order valence-electron chi connectivity index (χ0n) is 18.0. The smallest absolute Gasteiger partial charge is 0.0915 e. The maximum atomic E-state index is 10.3. The summed E-state index contributed by atoms with van der Waals surface area (Å²) < 4.78 is 5.72. The van der Waals surface area contributed by atoms with Gasteiger partial charge in [0.2, 0.25) is 0 Å². The van der Waals surface area contributed by atoms with E-state index in [0.717, 1.165) is 63.8 Å². The maximum Gasteiger partial charge on any atom is 0.0915 e. The molecule has 0 saturated carbocycles. The van der Waals surface area contributed by atoms with E-state index in [0.29, 0.717) is 27.8 Å². The van der Waals surface area contributed by atoms with Gasteiger partial charge in [-0.1, -0.05) is 60.3 Å². The summed E-state index contributed by atoms with van der Waals surface area (Å²) in [7, 11) is 0. The molecule has 2 aromatic rings. The molecule has 5 N–H and O–H groups in total. The summed E-state index contributed by atoms with van der Waals surface area (Å²) >= 11 is 12.0. The summed E-state index contributed by atoms with van der Waals surface area (Å²) in [5.74, 6) is 0. The van der Waals surface area contributed by atoms with Crippen LogP contribution in [-0.2, 0) is 17.8 Å². The van der Waals surface area contributed by atoms with Crippen LogP contribution in [0.2, 0.25) is 10.0 Å². The highest BCUT2D eigenvalue weighted by atomic mass is 35.5. The molecule has 0 spiro atoms. The van der Waals surface area contributed by atoms with E-state index < -0.39 is 6.10 Å². The quantitative estimate of drug-likeness (QED) is 0.220. The van der Waals surface area contributed by atoms with Gasteiger partial charge in [0.05, 0.1) is 28.4 Å². The monoisotopic (exact) mass is 468 g/mol. The van der Waals surface area contributed by atoms with Gasteiger partial charge in [0, 0.05) is 19.8 Å². The molecule has 2 aromatic carbocycles. The number of aryl methyl sites for hydroxylation is 1. The maximum absolute atomic E-state index is 10.3. The number of nitrogens with two attached hydrogens (primary N) is 1. The summed E-state index contributed by atoms with van der Waals surface area (Å²) in [6.07, 6.45) is 5.72. The van der Waals surface area contributed by atoms with Crippen molar-refractivity contribution in [1.82, 2.24) is 5.32 Å². The molecule has 0 aromatic heterocycles. The minimum Gasteiger partial charge on any atom is -0.396 e. The molecule has 172 valence electrons. The molecule has 1 unspecified atom stereocenters. The van der Waals surface area contributed by atoms with Crippen LogP contribution in [0.1, 0.15) is 54.9 Å². The molecule has 0 radical (unpaired) electrons. The lowest BCUT2D eigenvalue weighted by Gasteiger charge is -2.14. The van der Waals surface area contributed by atoms with Crippen molar-refractivity contribution in [3.63, 3.8) is 0 Å². The first-order valence-electron chi connectivity index (χ1n) is 10.9. The first-order chi connectivity index (χ1) is 15.0. The van der Waals surface area contributed by atoms with E-state index in [1.165, 1.54) is 5.56 Å². The van der Waals surface area contributed by atoms with Gasteiger partial charge in [-0.2, -0.15) is 0 Å². The number of rotatable bonds is 15. The fourth-order valence-corrected chi connectivity index (χ4v) is 3.76. The van der Waals surface area contributed by atoms with Gasteiger partial charge in [0.25, 0.3) is 0 Å². The number of hydrogen-bond acceptors (Lipinski definition) is 5.